The highest BCUT2D eigenvalue weighted by atomic mass is 19.1. The quantitative estimate of drug-likeness (QED) is 0.631. The number of amides is 1. The van der Waals surface area contributed by atoms with E-state index in [9.17, 15) is 9.18 Å². The molecule has 2 aromatic carbocycles. The van der Waals surface area contributed by atoms with Gasteiger partial charge in [0.25, 0.3) is 5.91 Å². The lowest BCUT2D eigenvalue weighted by Crippen LogP contribution is -2.41. The average molecular weight is 436 g/mol. The van der Waals surface area contributed by atoms with Gasteiger partial charge in [0.05, 0.1) is 24.6 Å². The van der Waals surface area contributed by atoms with Gasteiger partial charge in [-0.15, -0.1) is 5.10 Å². The molecule has 2 aliphatic heterocycles. The second-order valence-corrected chi connectivity index (χ2v) is 8.31. The lowest BCUT2D eigenvalue weighted by molar-refractivity contribution is 0.0298. The first-order valence-electron chi connectivity index (χ1n) is 11.0. The topological polar surface area (TPSA) is 63.5 Å². The van der Waals surface area contributed by atoms with Crippen molar-refractivity contribution in [3.63, 3.8) is 0 Å². The molecule has 32 heavy (non-hydrogen) atoms. The van der Waals surface area contributed by atoms with E-state index in [4.69, 9.17) is 4.74 Å². The van der Waals surface area contributed by atoms with Gasteiger partial charge in [-0.25, -0.2) is 9.07 Å². The molecule has 0 bridgehead atoms. The second-order valence-electron chi connectivity index (χ2n) is 8.31. The number of morpholine rings is 1. The maximum absolute atomic E-state index is 14.1. The van der Waals surface area contributed by atoms with Crippen molar-refractivity contribution in [1.29, 1.82) is 0 Å². The molecule has 7 nitrogen and oxygen atoms in total. The Morgan fingerprint density at radius 3 is 2.72 bits per heavy atom. The minimum atomic E-state index is -0.164. The van der Waals surface area contributed by atoms with Crippen LogP contribution in [0.2, 0.25) is 0 Å². The van der Waals surface area contributed by atoms with Gasteiger partial charge < -0.3 is 9.64 Å². The smallest absolute Gasteiger partial charge is 0.276 e. The third-order valence-corrected chi connectivity index (χ3v) is 6.30. The molecule has 1 fully saturated rings. The number of hydrogen-bond donors (Lipinski definition) is 0. The molecule has 0 unspecified atom stereocenters. The van der Waals surface area contributed by atoms with E-state index < -0.39 is 0 Å². The normalized spacial score (nSPS) is 16.8. The molecule has 166 valence electrons. The lowest BCUT2D eigenvalue weighted by Gasteiger charge is -2.30. The molecule has 0 N–H and O–H groups in total. The van der Waals surface area contributed by atoms with Crippen LogP contribution in [0, 0.1) is 12.7 Å². The van der Waals surface area contributed by atoms with Crippen molar-refractivity contribution in [2.45, 2.75) is 26.4 Å². The monoisotopic (exact) mass is 435 g/mol. The molecule has 3 heterocycles. The molecular weight excluding hydrogens is 409 g/mol. The maximum atomic E-state index is 14.1. The standard InChI is InChI=1S/C24H26FN5O2/c1-17-23(24(31)29-11-13-32-14-12-29)26-27-30(17)22-8-4-6-18-15-28(10-9-20(18)22)16-19-5-2-3-7-21(19)25/h2-8H,9-16H2,1H3. The first-order chi connectivity index (χ1) is 15.6. The number of aromatic nitrogens is 3. The van der Waals surface area contributed by atoms with Crippen LogP contribution < -0.4 is 0 Å². The minimum Gasteiger partial charge on any atom is -0.378 e. The summed E-state index contributed by atoms with van der Waals surface area (Å²) < 4.78 is 21.2. The van der Waals surface area contributed by atoms with E-state index in [2.05, 4.69) is 21.3 Å². The number of nitrogens with zero attached hydrogens (tertiary/aromatic N) is 5. The zero-order valence-corrected chi connectivity index (χ0v) is 18.1. The molecule has 0 saturated carbocycles. The Bertz CT molecular complexity index is 1140. The molecule has 8 heteroatoms. The van der Waals surface area contributed by atoms with Crippen LogP contribution in [0.25, 0.3) is 5.69 Å². The van der Waals surface area contributed by atoms with Gasteiger partial charge in [-0.2, -0.15) is 0 Å². The largest absolute Gasteiger partial charge is 0.378 e. The van der Waals surface area contributed by atoms with Crippen molar-refractivity contribution < 1.29 is 13.9 Å². The third-order valence-electron chi connectivity index (χ3n) is 6.30. The van der Waals surface area contributed by atoms with E-state index in [0.717, 1.165) is 30.9 Å². The first-order valence-corrected chi connectivity index (χ1v) is 11.0. The molecule has 2 aliphatic rings. The first kappa shape index (κ1) is 20.8. The fourth-order valence-corrected chi connectivity index (χ4v) is 4.52. The summed E-state index contributed by atoms with van der Waals surface area (Å²) in [5.74, 6) is -0.263. The Kier molecular flexibility index (Phi) is 5.71. The Morgan fingerprint density at radius 1 is 1.09 bits per heavy atom. The highest BCUT2D eigenvalue weighted by molar-refractivity contribution is 5.93. The van der Waals surface area contributed by atoms with Gasteiger partial charge in [-0.3, -0.25) is 9.69 Å². The van der Waals surface area contributed by atoms with Crippen molar-refractivity contribution in [2.75, 3.05) is 32.8 Å². The van der Waals surface area contributed by atoms with Crippen LogP contribution in [0.3, 0.4) is 0 Å². The van der Waals surface area contributed by atoms with Crippen LogP contribution in [0.15, 0.2) is 42.5 Å². The summed E-state index contributed by atoms with van der Waals surface area (Å²) in [6.07, 6.45) is 0.825. The SMILES string of the molecule is Cc1c(C(=O)N2CCOCC2)nnn1-c1cccc2c1CCN(Cc1ccccc1F)C2. The third kappa shape index (κ3) is 3.91. The van der Waals surface area contributed by atoms with Gasteiger partial charge in [-0.1, -0.05) is 35.5 Å². The number of halogens is 1. The van der Waals surface area contributed by atoms with Crippen LogP contribution >= 0.6 is 0 Å². The summed E-state index contributed by atoms with van der Waals surface area (Å²) in [5, 5.41) is 8.56. The van der Waals surface area contributed by atoms with E-state index in [1.165, 1.54) is 17.2 Å². The lowest BCUT2D eigenvalue weighted by atomic mass is 9.97. The van der Waals surface area contributed by atoms with Crippen LogP contribution in [0.4, 0.5) is 4.39 Å². The molecule has 3 aromatic rings. The molecule has 0 spiro atoms. The number of rotatable bonds is 4. The highest BCUT2D eigenvalue weighted by Crippen LogP contribution is 2.27. The van der Waals surface area contributed by atoms with Crippen molar-refractivity contribution in [3.8, 4) is 5.69 Å². The molecular formula is C24H26FN5O2. The van der Waals surface area contributed by atoms with Crippen molar-refractivity contribution in [2.24, 2.45) is 0 Å². The zero-order chi connectivity index (χ0) is 22.1. The van der Waals surface area contributed by atoms with Gasteiger partial charge >= 0.3 is 0 Å². The number of carbonyl (C=O) groups excluding carboxylic acids is 1. The van der Waals surface area contributed by atoms with Gasteiger partial charge in [0.2, 0.25) is 0 Å². The number of benzene rings is 2. The van der Waals surface area contributed by atoms with E-state index in [1.54, 1.807) is 15.6 Å². The molecule has 0 atom stereocenters. The van der Waals surface area contributed by atoms with Gasteiger partial charge in [0, 0.05) is 38.3 Å². The van der Waals surface area contributed by atoms with Gasteiger partial charge in [-0.05, 0) is 36.6 Å². The predicted octanol–water partition coefficient (Wildman–Crippen LogP) is 2.75. The maximum Gasteiger partial charge on any atom is 0.276 e. The zero-order valence-electron chi connectivity index (χ0n) is 18.1. The fraction of sp³-hybridized carbons (Fsp3) is 0.375. The number of fused-ring (bicyclic) bond motifs is 1. The van der Waals surface area contributed by atoms with E-state index in [1.807, 2.05) is 31.2 Å². The summed E-state index contributed by atoms with van der Waals surface area (Å²) in [5.41, 5.74) is 5.20. The minimum absolute atomic E-state index is 0.0992. The summed E-state index contributed by atoms with van der Waals surface area (Å²) in [4.78, 5) is 16.9. The van der Waals surface area contributed by atoms with E-state index >= 15 is 0 Å². The van der Waals surface area contributed by atoms with Gasteiger partial charge in [0.15, 0.2) is 5.69 Å². The summed E-state index contributed by atoms with van der Waals surface area (Å²) in [6.45, 7) is 6.28. The molecule has 0 aliphatic carbocycles. The van der Waals surface area contributed by atoms with Crippen molar-refractivity contribution in [3.05, 3.63) is 76.4 Å². The Balaban J connectivity index is 1.38. The fourth-order valence-electron chi connectivity index (χ4n) is 4.52. The van der Waals surface area contributed by atoms with E-state index in [-0.39, 0.29) is 11.7 Å². The van der Waals surface area contributed by atoms with Crippen molar-refractivity contribution >= 4 is 5.91 Å². The molecule has 1 saturated heterocycles. The van der Waals surface area contributed by atoms with Crippen LogP contribution in [-0.2, 0) is 24.2 Å². The predicted molar refractivity (Wildman–Crippen MR) is 117 cm³/mol. The molecule has 1 amide bonds. The number of ether oxygens (including phenoxy) is 1. The Hall–Kier alpha value is -3.10. The average Bonchev–Trinajstić information content (AvgIpc) is 3.21. The Labute approximate surface area is 186 Å². The molecule has 1 aromatic heterocycles. The Morgan fingerprint density at radius 2 is 1.91 bits per heavy atom. The summed E-state index contributed by atoms with van der Waals surface area (Å²) in [7, 11) is 0. The van der Waals surface area contributed by atoms with Crippen LogP contribution in [-0.4, -0.2) is 63.5 Å². The summed E-state index contributed by atoms with van der Waals surface area (Å²) >= 11 is 0. The van der Waals surface area contributed by atoms with Crippen molar-refractivity contribution in [1.82, 2.24) is 24.8 Å². The summed E-state index contributed by atoms with van der Waals surface area (Å²) in [6, 6.07) is 13.1. The number of carbonyl (C=O) groups is 1. The van der Waals surface area contributed by atoms with Gasteiger partial charge in [0.1, 0.15) is 5.82 Å². The van der Waals surface area contributed by atoms with Crippen LogP contribution in [0.1, 0.15) is 32.9 Å². The molecule has 5 rings (SSSR count). The number of hydrogen-bond acceptors (Lipinski definition) is 5. The highest BCUT2D eigenvalue weighted by Gasteiger charge is 2.26. The second kappa shape index (κ2) is 8.80. The molecule has 0 radical (unpaired) electrons. The van der Waals surface area contributed by atoms with Crippen LogP contribution in [0.5, 0.6) is 0 Å². The van der Waals surface area contributed by atoms with E-state index in [0.29, 0.717) is 44.1 Å².